The number of amides is 1. The molecule has 23 heavy (non-hydrogen) atoms. The maximum atomic E-state index is 12.0. The van der Waals surface area contributed by atoms with Gasteiger partial charge in [0.1, 0.15) is 0 Å². The van der Waals surface area contributed by atoms with Crippen molar-refractivity contribution < 1.29 is 4.79 Å². The Hall–Kier alpha value is -1.56. The van der Waals surface area contributed by atoms with E-state index < -0.39 is 0 Å². The summed E-state index contributed by atoms with van der Waals surface area (Å²) in [6.45, 7) is 4.70. The van der Waals surface area contributed by atoms with Crippen molar-refractivity contribution in [2.45, 2.75) is 6.54 Å². The lowest BCUT2D eigenvalue weighted by molar-refractivity contribution is -0.122. The second-order valence-electron chi connectivity index (χ2n) is 5.60. The molecule has 0 atom stereocenters. The van der Waals surface area contributed by atoms with E-state index in [-0.39, 0.29) is 5.91 Å². The number of halogens is 1. The minimum atomic E-state index is 0.0922. The highest BCUT2D eigenvalue weighted by Crippen LogP contribution is 2.20. The molecule has 1 aliphatic heterocycles. The minimum Gasteiger partial charge on any atom is -0.369 e. The van der Waals surface area contributed by atoms with Crippen LogP contribution in [0.5, 0.6) is 0 Å². The zero-order chi connectivity index (χ0) is 16.1. The van der Waals surface area contributed by atoms with Gasteiger partial charge >= 0.3 is 0 Å². The Morgan fingerprint density at radius 3 is 2.70 bits per heavy atom. The zero-order valence-corrected chi connectivity index (χ0v) is 14.4. The second kappa shape index (κ2) is 7.81. The van der Waals surface area contributed by atoms with Crippen molar-refractivity contribution in [2.75, 3.05) is 37.6 Å². The van der Waals surface area contributed by atoms with Crippen LogP contribution in [-0.2, 0) is 11.3 Å². The van der Waals surface area contributed by atoms with E-state index in [1.165, 1.54) is 4.88 Å². The van der Waals surface area contributed by atoms with E-state index >= 15 is 0 Å². The highest BCUT2D eigenvalue weighted by atomic mass is 35.5. The Morgan fingerprint density at radius 1 is 1.17 bits per heavy atom. The van der Waals surface area contributed by atoms with Crippen LogP contribution in [0.25, 0.3) is 0 Å². The molecule has 1 amide bonds. The summed E-state index contributed by atoms with van der Waals surface area (Å²) < 4.78 is 0. The van der Waals surface area contributed by atoms with Gasteiger partial charge in [0.2, 0.25) is 5.91 Å². The second-order valence-corrected chi connectivity index (χ2v) is 7.07. The van der Waals surface area contributed by atoms with Gasteiger partial charge in [0.05, 0.1) is 13.1 Å². The summed E-state index contributed by atoms with van der Waals surface area (Å²) in [6, 6.07) is 12.0. The molecule has 2 heterocycles. The first-order valence-corrected chi connectivity index (χ1v) is 8.98. The predicted molar refractivity (Wildman–Crippen MR) is 96.3 cm³/mol. The molecular weight excluding hydrogens is 330 g/mol. The molecule has 3 rings (SSSR count). The third kappa shape index (κ3) is 4.70. The van der Waals surface area contributed by atoms with Crippen molar-refractivity contribution in [1.82, 2.24) is 10.2 Å². The molecule has 0 aliphatic carbocycles. The molecule has 0 saturated carbocycles. The molecule has 1 N–H and O–H groups in total. The van der Waals surface area contributed by atoms with Crippen molar-refractivity contribution in [3.05, 3.63) is 51.7 Å². The summed E-state index contributed by atoms with van der Waals surface area (Å²) in [5.41, 5.74) is 1.15. The van der Waals surface area contributed by atoms with Gasteiger partial charge in [-0.3, -0.25) is 9.69 Å². The molecule has 0 unspecified atom stereocenters. The van der Waals surface area contributed by atoms with E-state index in [0.29, 0.717) is 13.1 Å². The molecule has 122 valence electrons. The van der Waals surface area contributed by atoms with E-state index in [1.54, 1.807) is 11.3 Å². The van der Waals surface area contributed by atoms with Gasteiger partial charge in [-0.25, -0.2) is 0 Å². The third-order valence-corrected chi connectivity index (χ3v) is 5.06. The fourth-order valence-corrected chi connectivity index (χ4v) is 3.52. The number of nitrogens with zero attached hydrogens (tertiary/aromatic N) is 2. The predicted octanol–water partition coefficient (Wildman–Crippen LogP) is 2.84. The first-order valence-electron chi connectivity index (χ1n) is 7.73. The van der Waals surface area contributed by atoms with Crippen LogP contribution in [0.15, 0.2) is 41.8 Å². The van der Waals surface area contributed by atoms with Crippen LogP contribution in [0, 0.1) is 0 Å². The number of thiophene rings is 1. The summed E-state index contributed by atoms with van der Waals surface area (Å²) in [5.74, 6) is 0.0922. The number of benzene rings is 1. The van der Waals surface area contributed by atoms with Crippen molar-refractivity contribution in [3.8, 4) is 0 Å². The normalized spacial score (nSPS) is 15.6. The molecule has 2 aromatic rings. The van der Waals surface area contributed by atoms with E-state index in [4.69, 9.17) is 11.6 Å². The first-order chi connectivity index (χ1) is 11.2. The standard InChI is InChI=1S/C17H20ClN3OS/c18-14-3-1-4-15(11-14)21-8-6-20(7-9-21)13-17(22)19-12-16-5-2-10-23-16/h1-5,10-11H,6-9,12-13H2,(H,19,22). The number of carbonyl (C=O) groups is 1. The summed E-state index contributed by atoms with van der Waals surface area (Å²) in [7, 11) is 0. The van der Waals surface area contributed by atoms with Crippen LogP contribution in [0.4, 0.5) is 5.69 Å². The van der Waals surface area contributed by atoms with Gasteiger partial charge in [0, 0.05) is 41.8 Å². The molecule has 1 fully saturated rings. The lowest BCUT2D eigenvalue weighted by atomic mass is 10.2. The van der Waals surface area contributed by atoms with Crippen LogP contribution in [-0.4, -0.2) is 43.5 Å². The Morgan fingerprint density at radius 2 is 2.00 bits per heavy atom. The maximum absolute atomic E-state index is 12.0. The van der Waals surface area contributed by atoms with Crippen molar-refractivity contribution in [3.63, 3.8) is 0 Å². The van der Waals surface area contributed by atoms with Gasteiger partial charge in [0.25, 0.3) is 0 Å². The van der Waals surface area contributed by atoms with Crippen molar-refractivity contribution in [2.24, 2.45) is 0 Å². The molecule has 1 aromatic heterocycles. The molecule has 0 spiro atoms. The molecule has 0 bridgehead atoms. The molecule has 0 radical (unpaired) electrons. The fourth-order valence-electron chi connectivity index (χ4n) is 2.69. The fraction of sp³-hybridized carbons (Fsp3) is 0.353. The average Bonchev–Trinajstić information content (AvgIpc) is 3.07. The molecule has 6 heteroatoms. The van der Waals surface area contributed by atoms with Gasteiger partial charge in [-0.15, -0.1) is 11.3 Å². The smallest absolute Gasteiger partial charge is 0.234 e. The van der Waals surface area contributed by atoms with Crippen LogP contribution in [0.2, 0.25) is 5.02 Å². The van der Waals surface area contributed by atoms with Gasteiger partial charge in [-0.05, 0) is 29.6 Å². The Bertz CT molecular complexity index is 639. The lowest BCUT2D eigenvalue weighted by Crippen LogP contribution is -2.49. The van der Waals surface area contributed by atoms with Crippen LogP contribution in [0.1, 0.15) is 4.88 Å². The number of nitrogens with one attached hydrogen (secondary N) is 1. The number of hydrogen-bond acceptors (Lipinski definition) is 4. The number of anilines is 1. The zero-order valence-electron chi connectivity index (χ0n) is 12.9. The monoisotopic (exact) mass is 349 g/mol. The van der Waals surface area contributed by atoms with Gasteiger partial charge in [0.15, 0.2) is 0 Å². The van der Waals surface area contributed by atoms with Crippen LogP contribution >= 0.6 is 22.9 Å². The number of hydrogen-bond donors (Lipinski definition) is 1. The van der Waals surface area contributed by atoms with Crippen LogP contribution < -0.4 is 10.2 Å². The Balaban J connectivity index is 1.43. The Kier molecular flexibility index (Phi) is 5.54. The quantitative estimate of drug-likeness (QED) is 0.901. The first kappa shape index (κ1) is 16.3. The minimum absolute atomic E-state index is 0.0922. The SMILES string of the molecule is O=C(CN1CCN(c2cccc(Cl)c2)CC1)NCc1cccs1. The maximum Gasteiger partial charge on any atom is 0.234 e. The molecular formula is C17H20ClN3OS. The largest absolute Gasteiger partial charge is 0.369 e. The molecule has 1 aromatic carbocycles. The van der Waals surface area contributed by atoms with E-state index in [1.807, 2.05) is 35.7 Å². The summed E-state index contributed by atoms with van der Waals surface area (Å²) in [4.78, 5) is 17.7. The summed E-state index contributed by atoms with van der Waals surface area (Å²) in [5, 5.41) is 5.77. The van der Waals surface area contributed by atoms with Crippen LogP contribution in [0.3, 0.4) is 0 Å². The summed E-state index contributed by atoms with van der Waals surface area (Å²) >= 11 is 7.71. The summed E-state index contributed by atoms with van der Waals surface area (Å²) in [6.07, 6.45) is 0. The lowest BCUT2D eigenvalue weighted by Gasteiger charge is -2.35. The van der Waals surface area contributed by atoms with Crippen molar-refractivity contribution in [1.29, 1.82) is 0 Å². The topological polar surface area (TPSA) is 35.6 Å². The number of rotatable bonds is 5. The number of piperazine rings is 1. The van der Waals surface area contributed by atoms with Gasteiger partial charge < -0.3 is 10.2 Å². The van der Waals surface area contributed by atoms with E-state index in [9.17, 15) is 4.79 Å². The average molecular weight is 350 g/mol. The molecule has 1 saturated heterocycles. The molecule has 1 aliphatic rings. The highest BCUT2D eigenvalue weighted by molar-refractivity contribution is 7.09. The Labute approximate surface area is 145 Å². The van der Waals surface area contributed by atoms with E-state index in [2.05, 4.69) is 21.2 Å². The van der Waals surface area contributed by atoms with E-state index in [0.717, 1.165) is 36.9 Å². The van der Waals surface area contributed by atoms with Crippen molar-refractivity contribution >= 4 is 34.5 Å². The van der Waals surface area contributed by atoms with Gasteiger partial charge in [-0.1, -0.05) is 23.7 Å². The third-order valence-electron chi connectivity index (χ3n) is 3.95. The molecule has 4 nitrogen and oxygen atoms in total. The van der Waals surface area contributed by atoms with Gasteiger partial charge in [-0.2, -0.15) is 0 Å². The highest BCUT2D eigenvalue weighted by Gasteiger charge is 2.19. The number of carbonyl (C=O) groups excluding carboxylic acids is 1.